The number of benzene rings is 1. The second-order valence-electron chi connectivity index (χ2n) is 4.83. The quantitative estimate of drug-likeness (QED) is 0.837. The van der Waals surface area contributed by atoms with Gasteiger partial charge < -0.3 is 9.80 Å². The molecule has 1 fully saturated rings. The van der Waals surface area contributed by atoms with Crippen LogP contribution in [0.3, 0.4) is 0 Å². The van der Waals surface area contributed by atoms with Crippen molar-refractivity contribution < 1.29 is 0 Å². The Bertz CT molecular complexity index is 543. The predicted octanol–water partition coefficient (Wildman–Crippen LogP) is 3.40. The summed E-state index contributed by atoms with van der Waals surface area (Å²) >= 11 is 5.15. The lowest BCUT2D eigenvalue weighted by Gasteiger charge is -2.40. The van der Waals surface area contributed by atoms with Crippen LogP contribution < -0.4 is 4.90 Å². The number of halogens is 1. The van der Waals surface area contributed by atoms with E-state index in [0.29, 0.717) is 6.04 Å². The summed E-state index contributed by atoms with van der Waals surface area (Å²) in [6, 6.07) is 11.1. The van der Waals surface area contributed by atoms with E-state index >= 15 is 0 Å². The summed E-state index contributed by atoms with van der Waals surface area (Å²) < 4.78 is 0.929. The van der Waals surface area contributed by atoms with Crippen LogP contribution >= 0.6 is 27.3 Å². The highest BCUT2D eigenvalue weighted by atomic mass is 79.9. The molecular weight excluding hydrogens is 322 g/mol. The summed E-state index contributed by atoms with van der Waals surface area (Å²) in [5.41, 5.74) is 1.36. The minimum atomic E-state index is 0.387. The van der Waals surface area contributed by atoms with Gasteiger partial charge in [0.2, 0.25) is 0 Å². The Labute approximate surface area is 126 Å². The molecule has 1 saturated heterocycles. The second kappa shape index (κ2) is 5.61. The summed E-state index contributed by atoms with van der Waals surface area (Å²) in [6.45, 7) is 3.15. The van der Waals surface area contributed by atoms with Gasteiger partial charge in [0.05, 0.1) is 6.04 Å². The lowest BCUT2D eigenvalue weighted by molar-refractivity contribution is 0.269. The van der Waals surface area contributed by atoms with Crippen LogP contribution in [-0.4, -0.2) is 36.6 Å². The molecule has 0 radical (unpaired) electrons. The SMILES string of the molecule is CN1CCN(c2nc(Br)cs2)C(c2ccccc2)C1. The third kappa shape index (κ3) is 2.83. The van der Waals surface area contributed by atoms with Crippen LogP contribution in [0.25, 0.3) is 0 Å². The topological polar surface area (TPSA) is 19.4 Å². The van der Waals surface area contributed by atoms with Gasteiger partial charge in [0, 0.05) is 25.0 Å². The fourth-order valence-corrected chi connectivity index (χ4v) is 3.81. The zero-order valence-electron chi connectivity index (χ0n) is 10.8. The molecule has 3 rings (SSSR count). The normalized spacial score (nSPS) is 20.7. The number of rotatable bonds is 2. The van der Waals surface area contributed by atoms with Crippen LogP contribution in [0, 0.1) is 0 Å². The monoisotopic (exact) mass is 337 g/mol. The van der Waals surface area contributed by atoms with Crippen molar-refractivity contribution in [3.8, 4) is 0 Å². The highest BCUT2D eigenvalue weighted by Crippen LogP contribution is 2.33. The number of hydrogen-bond acceptors (Lipinski definition) is 4. The summed E-state index contributed by atoms with van der Waals surface area (Å²) in [5.74, 6) is 0. The second-order valence-corrected chi connectivity index (χ2v) is 6.48. The van der Waals surface area contributed by atoms with Crippen molar-refractivity contribution in [3.63, 3.8) is 0 Å². The molecular formula is C14H16BrN3S. The molecule has 0 saturated carbocycles. The van der Waals surface area contributed by atoms with E-state index in [1.165, 1.54) is 5.56 Å². The maximum Gasteiger partial charge on any atom is 0.186 e. The first-order valence-electron chi connectivity index (χ1n) is 6.35. The smallest absolute Gasteiger partial charge is 0.186 e. The van der Waals surface area contributed by atoms with Gasteiger partial charge in [0.15, 0.2) is 5.13 Å². The van der Waals surface area contributed by atoms with E-state index in [2.05, 4.69) is 73.5 Å². The first kappa shape index (κ1) is 13.1. The Balaban J connectivity index is 1.92. The Kier molecular flexibility index (Phi) is 3.86. The summed E-state index contributed by atoms with van der Waals surface area (Å²) in [7, 11) is 2.19. The summed E-state index contributed by atoms with van der Waals surface area (Å²) in [6.07, 6.45) is 0. The molecule has 1 aliphatic heterocycles. The van der Waals surface area contributed by atoms with Crippen molar-refractivity contribution in [1.29, 1.82) is 0 Å². The van der Waals surface area contributed by atoms with E-state index in [-0.39, 0.29) is 0 Å². The predicted molar refractivity (Wildman–Crippen MR) is 83.8 cm³/mol. The molecule has 0 amide bonds. The number of piperazine rings is 1. The van der Waals surface area contributed by atoms with Gasteiger partial charge in [0.25, 0.3) is 0 Å². The Hall–Kier alpha value is -0.910. The minimum absolute atomic E-state index is 0.387. The third-order valence-corrected chi connectivity index (χ3v) is 5.06. The van der Waals surface area contributed by atoms with Crippen LogP contribution in [0.2, 0.25) is 0 Å². The fourth-order valence-electron chi connectivity index (χ4n) is 2.49. The molecule has 0 N–H and O–H groups in total. The lowest BCUT2D eigenvalue weighted by atomic mass is 10.0. The van der Waals surface area contributed by atoms with Crippen molar-refractivity contribution in [2.45, 2.75) is 6.04 Å². The number of nitrogens with zero attached hydrogens (tertiary/aromatic N) is 3. The summed E-state index contributed by atoms with van der Waals surface area (Å²) in [4.78, 5) is 9.38. The number of hydrogen-bond donors (Lipinski definition) is 0. The van der Waals surface area contributed by atoms with Crippen LogP contribution in [-0.2, 0) is 0 Å². The van der Waals surface area contributed by atoms with Crippen molar-refractivity contribution in [1.82, 2.24) is 9.88 Å². The van der Waals surface area contributed by atoms with Crippen molar-refractivity contribution in [3.05, 3.63) is 45.9 Å². The van der Waals surface area contributed by atoms with Crippen molar-refractivity contribution in [2.75, 3.05) is 31.6 Å². The average molecular weight is 338 g/mol. The van der Waals surface area contributed by atoms with Gasteiger partial charge in [-0.2, -0.15) is 0 Å². The molecule has 0 spiro atoms. The number of likely N-dealkylation sites (N-methyl/N-ethyl adjacent to an activating group) is 1. The Morgan fingerprint density at radius 2 is 2.05 bits per heavy atom. The first-order chi connectivity index (χ1) is 9.24. The molecule has 100 valence electrons. The molecule has 2 heterocycles. The van der Waals surface area contributed by atoms with E-state index in [0.717, 1.165) is 29.4 Å². The van der Waals surface area contributed by atoms with Gasteiger partial charge in [-0.1, -0.05) is 30.3 Å². The molecule has 5 heteroatoms. The maximum atomic E-state index is 4.58. The molecule has 1 unspecified atom stereocenters. The van der Waals surface area contributed by atoms with Gasteiger partial charge in [0.1, 0.15) is 4.60 Å². The van der Waals surface area contributed by atoms with Crippen LogP contribution in [0.1, 0.15) is 11.6 Å². The van der Waals surface area contributed by atoms with E-state index in [9.17, 15) is 0 Å². The van der Waals surface area contributed by atoms with Gasteiger partial charge in [-0.3, -0.25) is 0 Å². The van der Waals surface area contributed by atoms with Crippen molar-refractivity contribution in [2.24, 2.45) is 0 Å². The molecule has 1 aliphatic rings. The largest absolute Gasteiger partial charge is 0.338 e. The van der Waals surface area contributed by atoms with E-state index < -0.39 is 0 Å². The van der Waals surface area contributed by atoms with Crippen molar-refractivity contribution >= 4 is 32.4 Å². The van der Waals surface area contributed by atoms with Gasteiger partial charge >= 0.3 is 0 Å². The fraction of sp³-hybridized carbons (Fsp3) is 0.357. The van der Waals surface area contributed by atoms with Gasteiger partial charge in [-0.05, 0) is 28.5 Å². The molecule has 2 aromatic rings. The summed E-state index contributed by atoms with van der Waals surface area (Å²) in [5, 5.41) is 3.16. The molecule has 0 aliphatic carbocycles. The number of aromatic nitrogens is 1. The molecule has 3 nitrogen and oxygen atoms in total. The van der Waals surface area contributed by atoms with E-state index in [1.807, 2.05) is 0 Å². The highest BCUT2D eigenvalue weighted by Gasteiger charge is 2.28. The van der Waals surface area contributed by atoms with Crippen LogP contribution in [0.5, 0.6) is 0 Å². The zero-order valence-corrected chi connectivity index (χ0v) is 13.2. The maximum absolute atomic E-state index is 4.58. The number of thiazole rings is 1. The van der Waals surface area contributed by atoms with Crippen LogP contribution in [0.4, 0.5) is 5.13 Å². The van der Waals surface area contributed by atoms with Gasteiger partial charge in [-0.15, -0.1) is 11.3 Å². The Morgan fingerprint density at radius 1 is 1.26 bits per heavy atom. The molecule has 1 aromatic heterocycles. The minimum Gasteiger partial charge on any atom is -0.338 e. The molecule has 0 bridgehead atoms. The third-order valence-electron chi connectivity index (χ3n) is 3.48. The van der Waals surface area contributed by atoms with Crippen LogP contribution in [0.15, 0.2) is 40.3 Å². The zero-order chi connectivity index (χ0) is 13.2. The standard InChI is InChI=1S/C14H16BrN3S/c1-17-7-8-18(14-16-13(15)10-19-14)12(9-17)11-5-3-2-4-6-11/h2-6,10,12H,7-9H2,1H3. The highest BCUT2D eigenvalue weighted by molar-refractivity contribution is 9.10. The Morgan fingerprint density at radius 3 is 2.74 bits per heavy atom. The van der Waals surface area contributed by atoms with E-state index in [1.54, 1.807) is 11.3 Å². The first-order valence-corrected chi connectivity index (χ1v) is 8.02. The molecule has 19 heavy (non-hydrogen) atoms. The number of anilines is 1. The molecule has 1 aromatic carbocycles. The van der Waals surface area contributed by atoms with E-state index in [4.69, 9.17) is 0 Å². The molecule has 1 atom stereocenters. The lowest BCUT2D eigenvalue weighted by Crippen LogP contribution is -2.46. The average Bonchev–Trinajstić information content (AvgIpc) is 2.86. The van der Waals surface area contributed by atoms with Gasteiger partial charge in [-0.25, -0.2) is 4.98 Å².